The molecule has 0 amide bonds. The fraction of sp³-hybridized carbons (Fsp3) is 0.333. The van der Waals surface area contributed by atoms with Gasteiger partial charge in [0.1, 0.15) is 5.82 Å². The van der Waals surface area contributed by atoms with Crippen LogP contribution in [-0.2, 0) is 0 Å². The first kappa shape index (κ1) is 12.2. The van der Waals surface area contributed by atoms with E-state index in [9.17, 15) is 4.39 Å². The maximum absolute atomic E-state index is 13.4. The van der Waals surface area contributed by atoms with Crippen molar-refractivity contribution in [3.05, 3.63) is 46.8 Å². The molecule has 0 bridgehead atoms. The van der Waals surface area contributed by atoms with E-state index in [1.807, 2.05) is 6.92 Å². The third-order valence-corrected chi connectivity index (χ3v) is 2.48. The topological polar surface area (TPSA) is 26.0 Å². The molecule has 0 aliphatic rings. The number of nitrogens with two attached hydrogens (primary N) is 1. The summed E-state index contributed by atoms with van der Waals surface area (Å²) in [6, 6.07) is 4.29. The Bertz CT molecular complexity index is 363. The van der Waals surface area contributed by atoms with Crippen LogP contribution in [-0.4, -0.2) is 0 Å². The lowest BCUT2D eigenvalue weighted by Gasteiger charge is -2.12. The summed E-state index contributed by atoms with van der Waals surface area (Å²) in [6.07, 6.45) is 1.51. The molecule has 1 unspecified atom stereocenters. The fourth-order valence-electron chi connectivity index (χ4n) is 1.36. The molecule has 0 aliphatic carbocycles. The van der Waals surface area contributed by atoms with Crippen molar-refractivity contribution < 1.29 is 4.39 Å². The lowest BCUT2D eigenvalue weighted by Crippen LogP contribution is -2.12. The van der Waals surface area contributed by atoms with Crippen molar-refractivity contribution in [3.63, 3.8) is 0 Å². The highest BCUT2D eigenvalue weighted by molar-refractivity contribution is 6.30. The van der Waals surface area contributed by atoms with Gasteiger partial charge in [0, 0.05) is 16.6 Å². The number of halogens is 2. The number of benzene rings is 1. The smallest absolute Gasteiger partial charge is 0.129 e. The van der Waals surface area contributed by atoms with Crippen molar-refractivity contribution in [3.8, 4) is 0 Å². The van der Waals surface area contributed by atoms with E-state index < -0.39 is 0 Å². The van der Waals surface area contributed by atoms with Crippen molar-refractivity contribution in [2.75, 3.05) is 0 Å². The molecule has 0 fully saturated rings. The van der Waals surface area contributed by atoms with E-state index in [0.29, 0.717) is 17.0 Å². The summed E-state index contributed by atoms with van der Waals surface area (Å²) in [4.78, 5) is 0. The second-order valence-corrected chi connectivity index (χ2v) is 4.20. The van der Waals surface area contributed by atoms with Crippen LogP contribution >= 0.6 is 11.6 Å². The van der Waals surface area contributed by atoms with Crippen LogP contribution in [0.25, 0.3) is 0 Å². The number of hydrogen-bond donors (Lipinski definition) is 1. The maximum Gasteiger partial charge on any atom is 0.129 e. The Kier molecular flexibility index (Phi) is 4.30. The zero-order valence-corrected chi connectivity index (χ0v) is 9.52. The lowest BCUT2D eigenvalue weighted by molar-refractivity contribution is 0.563. The Balaban J connectivity index is 2.73. The van der Waals surface area contributed by atoms with Crippen LogP contribution in [0.15, 0.2) is 30.4 Å². The molecule has 0 saturated carbocycles. The molecule has 3 heteroatoms. The molecule has 1 aromatic rings. The normalized spacial score (nSPS) is 12.5. The first-order valence-corrected chi connectivity index (χ1v) is 5.23. The molecule has 1 aromatic carbocycles. The molecule has 0 spiro atoms. The zero-order chi connectivity index (χ0) is 11.4. The highest BCUT2D eigenvalue weighted by Crippen LogP contribution is 2.23. The molecule has 1 atom stereocenters. The lowest BCUT2D eigenvalue weighted by atomic mass is 10.0. The summed E-state index contributed by atoms with van der Waals surface area (Å²) in [5, 5.41) is 0.392. The minimum absolute atomic E-state index is 0.293. The Labute approximate surface area is 94.7 Å². The highest BCUT2D eigenvalue weighted by atomic mass is 35.5. The van der Waals surface area contributed by atoms with Gasteiger partial charge in [-0.05, 0) is 31.9 Å². The number of hydrogen-bond acceptors (Lipinski definition) is 1. The van der Waals surface area contributed by atoms with Crippen LogP contribution in [0.4, 0.5) is 4.39 Å². The van der Waals surface area contributed by atoms with E-state index in [0.717, 1.165) is 12.0 Å². The summed E-state index contributed by atoms with van der Waals surface area (Å²) >= 11 is 5.65. The number of allylic oxidation sites excluding steroid dienone is 1. The summed E-state index contributed by atoms with van der Waals surface area (Å²) in [5.74, 6) is -0.336. The third kappa shape index (κ3) is 3.65. The van der Waals surface area contributed by atoms with Crippen LogP contribution in [0.1, 0.15) is 31.4 Å². The van der Waals surface area contributed by atoms with E-state index >= 15 is 0 Å². The Hall–Kier alpha value is -0.860. The molecule has 1 rings (SSSR count). The molecular formula is C12H15ClFN. The fourth-order valence-corrected chi connectivity index (χ4v) is 1.52. The van der Waals surface area contributed by atoms with E-state index in [2.05, 4.69) is 6.58 Å². The molecule has 2 N–H and O–H groups in total. The van der Waals surface area contributed by atoms with Gasteiger partial charge in [0.2, 0.25) is 0 Å². The van der Waals surface area contributed by atoms with Crippen LogP contribution in [0.2, 0.25) is 5.02 Å². The Morgan fingerprint density at radius 1 is 1.60 bits per heavy atom. The highest BCUT2D eigenvalue weighted by Gasteiger charge is 2.11. The molecular weight excluding hydrogens is 213 g/mol. The van der Waals surface area contributed by atoms with Gasteiger partial charge in [-0.15, -0.1) is 6.58 Å². The van der Waals surface area contributed by atoms with Crippen molar-refractivity contribution in [1.82, 2.24) is 0 Å². The summed E-state index contributed by atoms with van der Waals surface area (Å²) in [5.41, 5.74) is 7.44. The van der Waals surface area contributed by atoms with Gasteiger partial charge in [-0.2, -0.15) is 0 Å². The standard InChI is InChI=1S/C12H15ClFN/c1-8(2)3-6-12(15)10-5-4-9(13)7-11(10)14/h4-5,7,12H,1,3,6,15H2,2H3. The van der Waals surface area contributed by atoms with Crippen LogP contribution in [0, 0.1) is 5.82 Å². The summed E-state index contributed by atoms with van der Waals surface area (Å²) < 4.78 is 13.4. The minimum Gasteiger partial charge on any atom is -0.324 e. The quantitative estimate of drug-likeness (QED) is 0.778. The second kappa shape index (κ2) is 5.29. The average Bonchev–Trinajstić information content (AvgIpc) is 2.14. The average molecular weight is 228 g/mol. The monoisotopic (exact) mass is 227 g/mol. The first-order chi connectivity index (χ1) is 7.00. The van der Waals surface area contributed by atoms with Crippen LogP contribution < -0.4 is 5.73 Å². The maximum atomic E-state index is 13.4. The Morgan fingerprint density at radius 2 is 2.27 bits per heavy atom. The van der Waals surface area contributed by atoms with E-state index in [1.54, 1.807) is 12.1 Å². The third-order valence-electron chi connectivity index (χ3n) is 2.24. The SMILES string of the molecule is C=C(C)CCC(N)c1ccc(Cl)cc1F. The minimum atomic E-state index is -0.336. The Morgan fingerprint density at radius 3 is 2.80 bits per heavy atom. The van der Waals surface area contributed by atoms with E-state index in [-0.39, 0.29) is 11.9 Å². The molecule has 0 aromatic heterocycles. The van der Waals surface area contributed by atoms with Crippen molar-refractivity contribution in [2.45, 2.75) is 25.8 Å². The van der Waals surface area contributed by atoms with Gasteiger partial charge in [0.05, 0.1) is 0 Å². The van der Waals surface area contributed by atoms with Gasteiger partial charge in [0.25, 0.3) is 0 Å². The molecule has 0 aliphatic heterocycles. The summed E-state index contributed by atoms with van der Waals surface area (Å²) in [7, 11) is 0. The summed E-state index contributed by atoms with van der Waals surface area (Å²) in [6.45, 7) is 5.72. The van der Waals surface area contributed by atoms with Gasteiger partial charge in [-0.1, -0.05) is 23.2 Å². The van der Waals surface area contributed by atoms with Gasteiger partial charge in [-0.3, -0.25) is 0 Å². The predicted molar refractivity (Wildman–Crippen MR) is 62.4 cm³/mol. The van der Waals surface area contributed by atoms with Crippen LogP contribution in [0.5, 0.6) is 0 Å². The van der Waals surface area contributed by atoms with E-state index in [4.69, 9.17) is 17.3 Å². The molecule has 0 saturated heterocycles. The van der Waals surface area contributed by atoms with Crippen molar-refractivity contribution >= 4 is 11.6 Å². The van der Waals surface area contributed by atoms with Gasteiger partial charge in [-0.25, -0.2) is 4.39 Å². The molecule has 82 valence electrons. The van der Waals surface area contributed by atoms with E-state index in [1.165, 1.54) is 6.07 Å². The van der Waals surface area contributed by atoms with Crippen LogP contribution in [0.3, 0.4) is 0 Å². The van der Waals surface area contributed by atoms with Gasteiger partial charge in [0.15, 0.2) is 0 Å². The van der Waals surface area contributed by atoms with Gasteiger partial charge < -0.3 is 5.73 Å². The van der Waals surface area contributed by atoms with Crippen molar-refractivity contribution in [2.24, 2.45) is 5.73 Å². The zero-order valence-electron chi connectivity index (χ0n) is 8.76. The second-order valence-electron chi connectivity index (χ2n) is 3.77. The van der Waals surface area contributed by atoms with Crippen molar-refractivity contribution in [1.29, 1.82) is 0 Å². The molecule has 15 heavy (non-hydrogen) atoms. The predicted octanol–water partition coefficient (Wildman–Crippen LogP) is 3.84. The van der Waals surface area contributed by atoms with Gasteiger partial charge >= 0.3 is 0 Å². The first-order valence-electron chi connectivity index (χ1n) is 4.85. The number of rotatable bonds is 4. The molecule has 1 nitrogen and oxygen atoms in total. The largest absolute Gasteiger partial charge is 0.324 e. The molecule has 0 heterocycles. The molecule has 0 radical (unpaired) electrons.